The number of carboxylic acid groups (broad SMARTS) is 1. The van der Waals surface area contributed by atoms with E-state index in [2.05, 4.69) is 9.97 Å². The largest absolute Gasteiger partial charge is 0.476 e. The number of aliphatic hydroxyl groups is 1. The van der Waals surface area contributed by atoms with Crippen LogP contribution in [0.25, 0.3) is 11.5 Å². The molecule has 19 heavy (non-hydrogen) atoms. The van der Waals surface area contributed by atoms with E-state index in [-0.39, 0.29) is 5.69 Å². The number of imidazole rings is 1. The zero-order valence-corrected chi connectivity index (χ0v) is 10.2. The molecular weight excluding hydrogens is 246 g/mol. The van der Waals surface area contributed by atoms with Gasteiger partial charge in [0.15, 0.2) is 11.5 Å². The summed E-state index contributed by atoms with van der Waals surface area (Å²) in [5.41, 5.74) is 1.16. The molecular formula is C13H13N3O3. The van der Waals surface area contributed by atoms with Gasteiger partial charge in [-0.3, -0.25) is 9.55 Å². The molecule has 2 aromatic rings. The second kappa shape index (κ2) is 4.47. The van der Waals surface area contributed by atoms with Crippen LogP contribution in [0.2, 0.25) is 0 Å². The number of aromatic nitrogens is 3. The molecule has 0 spiro atoms. The molecule has 2 aromatic heterocycles. The van der Waals surface area contributed by atoms with Crippen molar-refractivity contribution in [3.63, 3.8) is 0 Å². The number of rotatable bonds is 2. The summed E-state index contributed by atoms with van der Waals surface area (Å²) in [5.74, 6) is -0.653. The standard InChI is InChI=1S/C13H13N3O3/c17-10-6-3-5-9-11(13(18)19)15-12(16(9)10)8-4-1-2-7-14-8/h1-2,4,7,10,17H,3,5-6H2,(H,18,19). The molecule has 2 N–H and O–H groups in total. The van der Waals surface area contributed by atoms with Crippen LogP contribution in [0, 0.1) is 0 Å². The summed E-state index contributed by atoms with van der Waals surface area (Å²) in [6, 6.07) is 5.33. The molecule has 0 radical (unpaired) electrons. The van der Waals surface area contributed by atoms with Gasteiger partial charge in [-0.15, -0.1) is 0 Å². The van der Waals surface area contributed by atoms with E-state index in [9.17, 15) is 15.0 Å². The van der Waals surface area contributed by atoms with Gasteiger partial charge in [0.1, 0.15) is 11.9 Å². The molecule has 0 amide bonds. The van der Waals surface area contributed by atoms with Gasteiger partial charge in [0.2, 0.25) is 0 Å². The van der Waals surface area contributed by atoms with Crippen molar-refractivity contribution in [1.82, 2.24) is 14.5 Å². The van der Waals surface area contributed by atoms with Crippen molar-refractivity contribution < 1.29 is 15.0 Å². The van der Waals surface area contributed by atoms with Crippen LogP contribution in [-0.2, 0) is 6.42 Å². The van der Waals surface area contributed by atoms with Gasteiger partial charge >= 0.3 is 5.97 Å². The van der Waals surface area contributed by atoms with E-state index in [0.717, 1.165) is 6.42 Å². The van der Waals surface area contributed by atoms with Gasteiger partial charge in [-0.1, -0.05) is 6.07 Å². The van der Waals surface area contributed by atoms with Crippen molar-refractivity contribution >= 4 is 5.97 Å². The van der Waals surface area contributed by atoms with Crippen molar-refractivity contribution in [1.29, 1.82) is 0 Å². The minimum absolute atomic E-state index is 0.0133. The molecule has 0 aromatic carbocycles. The average molecular weight is 259 g/mol. The van der Waals surface area contributed by atoms with Crippen LogP contribution in [0.15, 0.2) is 24.4 Å². The summed E-state index contributed by atoms with van der Waals surface area (Å²) >= 11 is 0. The number of carboxylic acids is 1. The highest BCUT2D eigenvalue weighted by molar-refractivity contribution is 5.87. The minimum atomic E-state index is -1.07. The Bertz CT molecular complexity index is 622. The van der Waals surface area contributed by atoms with E-state index in [4.69, 9.17) is 0 Å². The van der Waals surface area contributed by atoms with Crippen molar-refractivity contribution in [3.8, 4) is 11.5 Å². The summed E-state index contributed by atoms with van der Waals surface area (Å²) in [6.45, 7) is 0. The molecule has 0 aliphatic carbocycles. The van der Waals surface area contributed by atoms with Gasteiger partial charge in [-0.2, -0.15) is 0 Å². The third kappa shape index (κ3) is 1.90. The van der Waals surface area contributed by atoms with E-state index in [0.29, 0.717) is 30.1 Å². The Kier molecular flexibility index (Phi) is 2.79. The molecule has 0 saturated carbocycles. The van der Waals surface area contributed by atoms with E-state index < -0.39 is 12.2 Å². The van der Waals surface area contributed by atoms with Crippen LogP contribution in [-0.4, -0.2) is 30.7 Å². The first-order valence-corrected chi connectivity index (χ1v) is 6.12. The van der Waals surface area contributed by atoms with E-state index >= 15 is 0 Å². The second-order valence-electron chi connectivity index (χ2n) is 4.49. The van der Waals surface area contributed by atoms with Crippen LogP contribution < -0.4 is 0 Å². The highest BCUT2D eigenvalue weighted by atomic mass is 16.4. The first kappa shape index (κ1) is 11.9. The Morgan fingerprint density at radius 1 is 1.42 bits per heavy atom. The van der Waals surface area contributed by atoms with Crippen LogP contribution in [0.4, 0.5) is 0 Å². The number of aliphatic hydroxyl groups excluding tert-OH is 1. The summed E-state index contributed by atoms with van der Waals surface area (Å²) in [4.78, 5) is 19.6. The average Bonchev–Trinajstić information content (AvgIpc) is 2.81. The van der Waals surface area contributed by atoms with Crippen LogP contribution >= 0.6 is 0 Å². The Labute approximate surface area is 109 Å². The predicted molar refractivity (Wildman–Crippen MR) is 66.6 cm³/mol. The molecule has 0 saturated heterocycles. The number of aromatic carboxylic acids is 1. The number of pyridine rings is 1. The molecule has 0 bridgehead atoms. The lowest BCUT2D eigenvalue weighted by molar-refractivity contribution is 0.0678. The maximum absolute atomic E-state index is 11.2. The highest BCUT2D eigenvalue weighted by Gasteiger charge is 2.29. The van der Waals surface area contributed by atoms with Crippen molar-refractivity contribution in [3.05, 3.63) is 35.8 Å². The minimum Gasteiger partial charge on any atom is -0.476 e. The SMILES string of the molecule is O=C(O)c1nc(-c2ccccn2)n2c1CCCC2O. The monoisotopic (exact) mass is 259 g/mol. The fourth-order valence-corrected chi connectivity index (χ4v) is 2.45. The summed E-state index contributed by atoms with van der Waals surface area (Å²) < 4.78 is 1.59. The van der Waals surface area contributed by atoms with E-state index in [1.165, 1.54) is 0 Å². The molecule has 3 heterocycles. The fourth-order valence-electron chi connectivity index (χ4n) is 2.45. The Morgan fingerprint density at radius 3 is 2.95 bits per heavy atom. The van der Waals surface area contributed by atoms with Gasteiger partial charge in [0.05, 0.1) is 5.69 Å². The maximum Gasteiger partial charge on any atom is 0.356 e. The molecule has 6 nitrogen and oxygen atoms in total. The summed E-state index contributed by atoms with van der Waals surface area (Å²) in [6.07, 6.45) is 2.85. The summed E-state index contributed by atoms with van der Waals surface area (Å²) in [7, 11) is 0. The molecule has 1 aliphatic rings. The first-order valence-electron chi connectivity index (χ1n) is 6.12. The lowest BCUT2D eigenvalue weighted by atomic mass is 10.1. The third-order valence-electron chi connectivity index (χ3n) is 3.28. The van der Waals surface area contributed by atoms with Gasteiger partial charge in [-0.25, -0.2) is 9.78 Å². The molecule has 6 heteroatoms. The van der Waals surface area contributed by atoms with Gasteiger partial charge in [0, 0.05) is 6.20 Å². The number of nitrogens with zero attached hydrogens (tertiary/aromatic N) is 3. The first-order chi connectivity index (χ1) is 9.18. The highest BCUT2D eigenvalue weighted by Crippen LogP contribution is 2.31. The maximum atomic E-state index is 11.2. The molecule has 0 fully saturated rings. The summed E-state index contributed by atoms with van der Waals surface area (Å²) in [5, 5.41) is 19.3. The van der Waals surface area contributed by atoms with Crippen molar-refractivity contribution in [2.45, 2.75) is 25.5 Å². The zero-order chi connectivity index (χ0) is 13.4. The molecule has 1 atom stereocenters. The topological polar surface area (TPSA) is 88.2 Å². The van der Waals surface area contributed by atoms with Crippen LogP contribution in [0.3, 0.4) is 0 Å². The van der Waals surface area contributed by atoms with E-state index in [1.54, 1.807) is 29.0 Å². The zero-order valence-electron chi connectivity index (χ0n) is 10.2. The lowest BCUT2D eigenvalue weighted by Gasteiger charge is -2.22. The number of carbonyl (C=O) groups is 1. The second-order valence-corrected chi connectivity index (χ2v) is 4.49. The number of hydrogen-bond donors (Lipinski definition) is 2. The quantitative estimate of drug-likeness (QED) is 0.852. The van der Waals surface area contributed by atoms with Gasteiger partial charge in [0.25, 0.3) is 0 Å². The third-order valence-corrected chi connectivity index (χ3v) is 3.28. The van der Waals surface area contributed by atoms with Gasteiger partial charge in [-0.05, 0) is 31.4 Å². The van der Waals surface area contributed by atoms with Crippen molar-refractivity contribution in [2.24, 2.45) is 0 Å². The Hall–Kier alpha value is -2.21. The van der Waals surface area contributed by atoms with Crippen LogP contribution in [0.1, 0.15) is 35.3 Å². The van der Waals surface area contributed by atoms with Crippen LogP contribution in [0.5, 0.6) is 0 Å². The number of fused-ring (bicyclic) bond motifs is 1. The smallest absolute Gasteiger partial charge is 0.356 e. The fraction of sp³-hybridized carbons (Fsp3) is 0.308. The predicted octanol–water partition coefficient (Wildman–Crippen LogP) is 1.47. The normalized spacial score (nSPS) is 18.1. The van der Waals surface area contributed by atoms with Crippen molar-refractivity contribution in [2.75, 3.05) is 0 Å². The lowest BCUT2D eigenvalue weighted by Crippen LogP contribution is -2.19. The molecule has 98 valence electrons. The van der Waals surface area contributed by atoms with E-state index in [1.807, 2.05) is 0 Å². The Balaban J connectivity index is 2.23. The molecule has 1 unspecified atom stereocenters. The molecule has 1 aliphatic heterocycles. The number of hydrogen-bond acceptors (Lipinski definition) is 4. The van der Waals surface area contributed by atoms with Gasteiger partial charge < -0.3 is 10.2 Å². The molecule has 3 rings (SSSR count). The Morgan fingerprint density at radius 2 is 2.26 bits per heavy atom.